The van der Waals surface area contributed by atoms with Crippen LogP contribution >= 0.6 is 15.9 Å². The average molecular weight is 355 g/mol. The summed E-state index contributed by atoms with van der Waals surface area (Å²) in [7, 11) is 1.59. The van der Waals surface area contributed by atoms with Crippen molar-refractivity contribution in [3.63, 3.8) is 0 Å². The van der Waals surface area contributed by atoms with Crippen LogP contribution in [0.25, 0.3) is 0 Å². The minimum atomic E-state index is -0.0137. The van der Waals surface area contributed by atoms with Crippen LogP contribution in [0.1, 0.15) is 31.7 Å². The fourth-order valence-corrected chi connectivity index (χ4v) is 2.34. The molecule has 1 aromatic carbocycles. The minimum absolute atomic E-state index is 0.0137. The molecule has 1 saturated carbocycles. The molecule has 0 heterocycles. The number of hydrazone groups is 1. The van der Waals surface area contributed by atoms with E-state index >= 15 is 0 Å². The summed E-state index contributed by atoms with van der Waals surface area (Å²) >= 11 is 3.47. The third kappa shape index (κ3) is 4.46. The quantitative estimate of drug-likeness (QED) is 0.604. The standard InChI is InChI=1S/C15H19BrN2O3/c1-3-6-21-14-12(16)7-10(8-13(14)20-2)9-17-18-15(19)11-4-5-11/h7-9,11H,3-6H2,1-2H3,(H,18,19)/b17-9+. The monoisotopic (exact) mass is 354 g/mol. The third-order valence-electron chi connectivity index (χ3n) is 3.04. The summed E-state index contributed by atoms with van der Waals surface area (Å²) in [5.74, 6) is 1.44. The van der Waals surface area contributed by atoms with E-state index in [4.69, 9.17) is 9.47 Å². The first kappa shape index (κ1) is 15.8. The Balaban J connectivity index is 2.07. The average Bonchev–Trinajstić information content (AvgIpc) is 3.30. The van der Waals surface area contributed by atoms with Crippen molar-refractivity contribution in [3.05, 3.63) is 22.2 Å². The normalized spacial score (nSPS) is 14.2. The van der Waals surface area contributed by atoms with E-state index in [1.165, 1.54) is 0 Å². The molecule has 1 aliphatic carbocycles. The first-order valence-corrected chi connectivity index (χ1v) is 7.78. The highest BCUT2D eigenvalue weighted by molar-refractivity contribution is 9.10. The summed E-state index contributed by atoms with van der Waals surface area (Å²) in [6.07, 6.45) is 4.44. The third-order valence-corrected chi connectivity index (χ3v) is 3.63. The predicted molar refractivity (Wildman–Crippen MR) is 84.9 cm³/mol. The summed E-state index contributed by atoms with van der Waals surface area (Å²) < 4.78 is 11.8. The Kier molecular flexibility index (Phi) is 5.61. The van der Waals surface area contributed by atoms with Crippen molar-refractivity contribution >= 4 is 28.1 Å². The summed E-state index contributed by atoms with van der Waals surface area (Å²) in [6.45, 7) is 2.67. The lowest BCUT2D eigenvalue weighted by Gasteiger charge is -2.12. The Hall–Kier alpha value is -1.56. The summed E-state index contributed by atoms with van der Waals surface area (Å²) in [6, 6.07) is 3.70. The van der Waals surface area contributed by atoms with Crippen LogP contribution in [0, 0.1) is 5.92 Å². The van der Waals surface area contributed by atoms with Crippen LogP contribution in [-0.2, 0) is 4.79 Å². The molecule has 0 spiro atoms. The predicted octanol–water partition coefficient (Wildman–Crippen LogP) is 3.11. The first-order valence-electron chi connectivity index (χ1n) is 6.99. The van der Waals surface area contributed by atoms with Crippen molar-refractivity contribution in [1.29, 1.82) is 0 Å². The van der Waals surface area contributed by atoms with Gasteiger partial charge in [0.15, 0.2) is 11.5 Å². The largest absolute Gasteiger partial charge is 0.493 e. The van der Waals surface area contributed by atoms with E-state index in [1.807, 2.05) is 19.1 Å². The van der Waals surface area contributed by atoms with Gasteiger partial charge >= 0.3 is 0 Å². The lowest BCUT2D eigenvalue weighted by Crippen LogP contribution is -2.18. The van der Waals surface area contributed by atoms with Crippen LogP contribution in [0.15, 0.2) is 21.7 Å². The van der Waals surface area contributed by atoms with Crippen molar-refractivity contribution in [1.82, 2.24) is 5.43 Å². The van der Waals surface area contributed by atoms with Crippen LogP contribution in [0.5, 0.6) is 11.5 Å². The fourth-order valence-electron chi connectivity index (χ4n) is 1.77. The number of halogens is 1. The number of carbonyl (C=O) groups is 1. The molecule has 1 aromatic rings. The molecule has 0 aromatic heterocycles. The van der Waals surface area contributed by atoms with Gasteiger partial charge in [-0.3, -0.25) is 4.79 Å². The van der Waals surface area contributed by atoms with E-state index in [2.05, 4.69) is 26.5 Å². The SMILES string of the molecule is CCCOc1c(Br)cc(/C=N/NC(=O)C2CC2)cc1OC. The Bertz CT molecular complexity index is 542. The van der Waals surface area contributed by atoms with Crippen molar-refractivity contribution in [2.24, 2.45) is 11.0 Å². The second-order valence-corrected chi connectivity index (χ2v) is 5.75. The highest BCUT2D eigenvalue weighted by Gasteiger charge is 2.29. The van der Waals surface area contributed by atoms with E-state index in [0.29, 0.717) is 18.1 Å². The second kappa shape index (κ2) is 7.45. The maximum atomic E-state index is 11.5. The molecule has 0 radical (unpaired) electrons. The Morgan fingerprint density at radius 2 is 2.29 bits per heavy atom. The van der Waals surface area contributed by atoms with Gasteiger partial charge in [0.05, 0.1) is 24.4 Å². The topological polar surface area (TPSA) is 59.9 Å². The molecule has 1 fully saturated rings. The molecule has 114 valence electrons. The molecular weight excluding hydrogens is 336 g/mol. The number of rotatable bonds is 7. The van der Waals surface area contributed by atoms with E-state index in [1.54, 1.807) is 13.3 Å². The molecule has 21 heavy (non-hydrogen) atoms. The lowest BCUT2D eigenvalue weighted by molar-refractivity contribution is -0.122. The van der Waals surface area contributed by atoms with Crippen LogP contribution in [0.2, 0.25) is 0 Å². The van der Waals surface area contributed by atoms with E-state index < -0.39 is 0 Å². The number of hydrogen-bond acceptors (Lipinski definition) is 4. The number of amides is 1. The van der Waals surface area contributed by atoms with Gasteiger partial charge in [-0.2, -0.15) is 5.10 Å². The van der Waals surface area contributed by atoms with Gasteiger partial charge in [-0.25, -0.2) is 5.43 Å². The molecule has 2 rings (SSSR count). The van der Waals surface area contributed by atoms with Crippen LogP contribution < -0.4 is 14.9 Å². The summed E-state index contributed by atoms with van der Waals surface area (Å²) in [5, 5.41) is 3.97. The van der Waals surface area contributed by atoms with Gasteiger partial charge in [-0.05, 0) is 52.9 Å². The summed E-state index contributed by atoms with van der Waals surface area (Å²) in [5.41, 5.74) is 3.36. The molecule has 0 saturated heterocycles. The fraction of sp³-hybridized carbons (Fsp3) is 0.467. The van der Waals surface area contributed by atoms with E-state index in [-0.39, 0.29) is 11.8 Å². The molecule has 1 amide bonds. The zero-order chi connectivity index (χ0) is 15.2. The van der Waals surface area contributed by atoms with E-state index in [0.717, 1.165) is 29.3 Å². The Morgan fingerprint density at radius 1 is 1.52 bits per heavy atom. The van der Waals surface area contributed by atoms with Crippen LogP contribution in [0.3, 0.4) is 0 Å². The molecule has 0 unspecified atom stereocenters. The van der Waals surface area contributed by atoms with Gasteiger partial charge in [0.1, 0.15) is 0 Å². The number of hydrogen-bond donors (Lipinski definition) is 1. The van der Waals surface area contributed by atoms with Gasteiger partial charge < -0.3 is 9.47 Å². The van der Waals surface area contributed by atoms with Crippen LogP contribution in [-0.4, -0.2) is 25.8 Å². The van der Waals surface area contributed by atoms with Crippen molar-refractivity contribution in [2.75, 3.05) is 13.7 Å². The molecule has 0 atom stereocenters. The smallest absolute Gasteiger partial charge is 0.243 e. The van der Waals surface area contributed by atoms with Gasteiger partial charge in [0, 0.05) is 5.92 Å². The van der Waals surface area contributed by atoms with E-state index in [9.17, 15) is 4.79 Å². The number of benzene rings is 1. The second-order valence-electron chi connectivity index (χ2n) is 4.89. The molecule has 1 aliphatic rings. The van der Waals surface area contributed by atoms with Gasteiger partial charge in [0.25, 0.3) is 0 Å². The molecule has 1 N–H and O–H groups in total. The highest BCUT2D eigenvalue weighted by atomic mass is 79.9. The number of nitrogens with one attached hydrogen (secondary N) is 1. The molecule has 0 aliphatic heterocycles. The molecule has 5 nitrogen and oxygen atoms in total. The summed E-state index contributed by atoms with van der Waals surface area (Å²) in [4.78, 5) is 11.5. The number of carbonyl (C=O) groups excluding carboxylic acids is 1. The van der Waals surface area contributed by atoms with Crippen molar-refractivity contribution in [2.45, 2.75) is 26.2 Å². The number of nitrogens with zero attached hydrogens (tertiary/aromatic N) is 1. The molecule has 6 heteroatoms. The first-order chi connectivity index (χ1) is 10.2. The zero-order valence-electron chi connectivity index (χ0n) is 12.2. The zero-order valence-corrected chi connectivity index (χ0v) is 13.8. The number of ether oxygens (including phenoxy) is 2. The maximum absolute atomic E-state index is 11.5. The Morgan fingerprint density at radius 3 is 2.90 bits per heavy atom. The van der Waals surface area contributed by atoms with Crippen LogP contribution in [0.4, 0.5) is 0 Å². The lowest BCUT2D eigenvalue weighted by atomic mass is 10.2. The van der Waals surface area contributed by atoms with Gasteiger partial charge in [-0.1, -0.05) is 6.92 Å². The molecular formula is C15H19BrN2O3. The van der Waals surface area contributed by atoms with Gasteiger partial charge in [-0.15, -0.1) is 0 Å². The number of methoxy groups -OCH3 is 1. The van der Waals surface area contributed by atoms with Gasteiger partial charge in [0.2, 0.25) is 5.91 Å². The van der Waals surface area contributed by atoms with Crippen molar-refractivity contribution < 1.29 is 14.3 Å². The van der Waals surface area contributed by atoms with Crippen molar-refractivity contribution in [3.8, 4) is 11.5 Å². The Labute approximate surface area is 132 Å². The minimum Gasteiger partial charge on any atom is -0.493 e. The molecule has 0 bridgehead atoms. The maximum Gasteiger partial charge on any atom is 0.243 e. The highest BCUT2D eigenvalue weighted by Crippen LogP contribution is 2.36.